The van der Waals surface area contributed by atoms with Crippen LogP contribution in [0.5, 0.6) is 11.5 Å². The number of halogens is 3. The Labute approximate surface area is 239 Å². The fourth-order valence-electron chi connectivity index (χ4n) is 3.39. The first-order valence-electron chi connectivity index (χ1n) is 11.5. The van der Waals surface area contributed by atoms with E-state index in [0.29, 0.717) is 50.5 Å². The standard InChI is InChI=1S/C30H21BrCl2N2O3/c31-27-16-21(7-14-29(27)38-18-20-5-8-24(32)9-6-20)15-23(17-34)30(36)35-25-10-12-26(13-11-25)37-19-22-3-1-2-4-28(22)33/h1-16H,18-19H2,(H,35,36)/b23-15+. The summed E-state index contributed by atoms with van der Waals surface area (Å²) >= 11 is 15.6. The molecule has 0 radical (unpaired) electrons. The van der Waals surface area contributed by atoms with Crippen molar-refractivity contribution in [3.8, 4) is 17.6 Å². The van der Waals surface area contributed by atoms with E-state index in [2.05, 4.69) is 21.2 Å². The van der Waals surface area contributed by atoms with Crippen LogP contribution >= 0.6 is 39.1 Å². The molecule has 4 rings (SSSR count). The van der Waals surface area contributed by atoms with E-state index in [-0.39, 0.29) is 5.57 Å². The van der Waals surface area contributed by atoms with Crippen molar-refractivity contribution < 1.29 is 14.3 Å². The van der Waals surface area contributed by atoms with Crippen molar-refractivity contribution in [2.75, 3.05) is 5.32 Å². The topological polar surface area (TPSA) is 71.3 Å². The van der Waals surface area contributed by atoms with Gasteiger partial charge in [0.05, 0.1) is 4.47 Å². The van der Waals surface area contributed by atoms with Crippen LogP contribution in [0.3, 0.4) is 0 Å². The van der Waals surface area contributed by atoms with Crippen molar-refractivity contribution in [2.45, 2.75) is 13.2 Å². The molecule has 8 heteroatoms. The van der Waals surface area contributed by atoms with Gasteiger partial charge < -0.3 is 14.8 Å². The Morgan fingerprint density at radius 2 is 1.66 bits per heavy atom. The molecule has 4 aromatic carbocycles. The maximum absolute atomic E-state index is 12.7. The van der Waals surface area contributed by atoms with Gasteiger partial charge in [-0.15, -0.1) is 0 Å². The van der Waals surface area contributed by atoms with Crippen LogP contribution in [-0.4, -0.2) is 5.91 Å². The van der Waals surface area contributed by atoms with Crippen LogP contribution in [0, 0.1) is 11.3 Å². The van der Waals surface area contributed by atoms with Crippen LogP contribution in [-0.2, 0) is 18.0 Å². The molecular formula is C30H21BrCl2N2O3. The van der Waals surface area contributed by atoms with Crippen molar-refractivity contribution >= 4 is 56.8 Å². The Morgan fingerprint density at radius 1 is 0.921 bits per heavy atom. The number of ether oxygens (including phenoxy) is 2. The van der Waals surface area contributed by atoms with E-state index < -0.39 is 5.91 Å². The molecule has 0 bridgehead atoms. The molecule has 0 saturated carbocycles. The van der Waals surface area contributed by atoms with Crippen LogP contribution in [0.1, 0.15) is 16.7 Å². The quantitative estimate of drug-likeness (QED) is 0.153. The van der Waals surface area contributed by atoms with E-state index in [4.69, 9.17) is 32.7 Å². The normalized spacial score (nSPS) is 10.9. The smallest absolute Gasteiger partial charge is 0.266 e. The summed E-state index contributed by atoms with van der Waals surface area (Å²) in [6.07, 6.45) is 1.52. The lowest BCUT2D eigenvalue weighted by Gasteiger charge is -2.10. The number of anilines is 1. The highest BCUT2D eigenvalue weighted by atomic mass is 79.9. The molecular weight excluding hydrogens is 587 g/mol. The average Bonchev–Trinajstić information content (AvgIpc) is 2.92. The summed E-state index contributed by atoms with van der Waals surface area (Å²) in [5.74, 6) is 0.746. The van der Waals surface area contributed by atoms with Crippen LogP contribution in [0.4, 0.5) is 5.69 Å². The third-order valence-electron chi connectivity index (χ3n) is 5.40. The van der Waals surface area contributed by atoms with Gasteiger partial charge >= 0.3 is 0 Å². The van der Waals surface area contributed by atoms with Gasteiger partial charge in [-0.05, 0) is 87.7 Å². The first-order chi connectivity index (χ1) is 18.4. The maximum Gasteiger partial charge on any atom is 0.266 e. The summed E-state index contributed by atoms with van der Waals surface area (Å²) < 4.78 is 12.3. The number of amides is 1. The zero-order chi connectivity index (χ0) is 26.9. The monoisotopic (exact) mass is 606 g/mol. The predicted molar refractivity (Wildman–Crippen MR) is 154 cm³/mol. The number of hydrogen-bond donors (Lipinski definition) is 1. The Hall–Kier alpha value is -3.76. The fourth-order valence-corrected chi connectivity index (χ4v) is 4.22. The molecule has 190 valence electrons. The van der Waals surface area contributed by atoms with Crippen molar-refractivity contribution in [3.05, 3.63) is 128 Å². The summed E-state index contributed by atoms with van der Waals surface area (Å²) in [7, 11) is 0. The van der Waals surface area contributed by atoms with Gasteiger partial charge in [0.2, 0.25) is 0 Å². The molecule has 1 N–H and O–H groups in total. The molecule has 0 heterocycles. The van der Waals surface area contributed by atoms with Gasteiger partial charge in [0.15, 0.2) is 0 Å². The molecule has 0 spiro atoms. The summed E-state index contributed by atoms with van der Waals surface area (Å²) in [4.78, 5) is 12.7. The van der Waals surface area contributed by atoms with Crippen LogP contribution in [0.2, 0.25) is 10.0 Å². The first-order valence-corrected chi connectivity index (χ1v) is 13.0. The summed E-state index contributed by atoms with van der Waals surface area (Å²) in [6.45, 7) is 0.702. The predicted octanol–water partition coefficient (Wildman–Crippen LogP) is 8.46. The van der Waals surface area contributed by atoms with E-state index in [0.717, 1.165) is 11.1 Å². The van der Waals surface area contributed by atoms with Gasteiger partial charge in [-0.3, -0.25) is 4.79 Å². The number of carbonyl (C=O) groups is 1. The maximum atomic E-state index is 12.7. The Bertz CT molecular complexity index is 1500. The lowest BCUT2D eigenvalue weighted by Crippen LogP contribution is -2.13. The van der Waals surface area contributed by atoms with E-state index in [1.165, 1.54) is 6.08 Å². The molecule has 0 fully saturated rings. The molecule has 0 saturated heterocycles. The molecule has 0 aromatic heterocycles. The van der Waals surface area contributed by atoms with Gasteiger partial charge in [-0.25, -0.2) is 0 Å². The second-order valence-corrected chi connectivity index (χ2v) is 9.83. The molecule has 0 aliphatic carbocycles. The second-order valence-electron chi connectivity index (χ2n) is 8.13. The summed E-state index contributed by atoms with van der Waals surface area (Å²) in [6, 6.07) is 29.1. The number of carbonyl (C=O) groups excluding carboxylic acids is 1. The minimum Gasteiger partial charge on any atom is -0.489 e. The molecule has 0 atom stereocenters. The Kier molecular flexibility index (Phi) is 9.45. The molecule has 4 aromatic rings. The zero-order valence-corrected chi connectivity index (χ0v) is 23.1. The lowest BCUT2D eigenvalue weighted by atomic mass is 10.1. The number of benzene rings is 4. The Balaban J connectivity index is 1.35. The molecule has 0 aliphatic heterocycles. The number of nitrogens with zero attached hydrogens (tertiary/aromatic N) is 1. The van der Waals surface area contributed by atoms with Crippen molar-refractivity contribution in [1.29, 1.82) is 5.26 Å². The van der Waals surface area contributed by atoms with E-state index >= 15 is 0 Å². The van der Waals surface area contributed by atoms with Gasteiger partial charge in [-0.2, -0.15) is 5.26 Å². The number of hydrogen-bond acceptors (Lipinski definition) is 4. The zero-order valence-electron chi connectivity index (χ0n) is 20.0. The molecule has 1 amide bonds. The largest absolute Gasteiger partial charge is 0.489 e. The lowest BCUT2D eigenvalue weighted by molar-refractivity contribution is -0.112. The van der Waals surface area contributed by atoms with Crippen LogP contribution in [0.25, 0.3) is 6.08 Å². The SMILES string of the molecule is N#C/C(=C\c1ccc(OCc2ccc(Cl)cc2)c(Br)c1)C(=O)Nc1ccc(OCc2ccccc2Cl)cc1. The van der Waals surface area contributed by atoms with Crippen molar-refractivity contribution in [1.82, 2.24) is 0 Å². The second kappa shape index (κ2) is 13.2. The summed E-state index contributed by atoms with van der Waals surface area (Å²) in [5.41, 5.74) is 3.03. The number of nitriles is 1. The van der Waals surface area contributed by atoms with Crippen molar-refractivity contribution in [3.63, 3.8) is 0 Å². The Morgan fingerprint density at radius 3 is 2.34 bits per heavy atom. The van der Waals surface area contributed by atoms with E-state index in [9.17, 15) is 10.1 Å². The third-order valence-corrected chi connectivity index (χ3v) is 6.64. The first kappa shape index (κ1) is 27.3. The van der Waals surface area contributed by atoms with Crippen LogP contribution in [0.15, 0.2) is 101 Å². The molecule has 38 heavy (non-hydrogen) atoms. The highest BCUT2D eigenvalue weighted by Crippen LogP contribution is 2.28. The van der Waals surface area contributed by atoms with Crippen molar-refractivity contribution in [2.24, 2.45) is 0 Å². The molecule has 5 nitrogen and oxygen atoms in total. The van der Waals surface area contributed by atoms with E-state index in [1.54, 1.807) is 42.5 Å². The minimum absolute atomic E-state index is 0.0363. The highest BCUT2D eigenvalue weighted by Gasteiger charge is 2.11. The van der Waals surface area contributed by atoms with Gasteiger partial charge in [0.1, 0.15) is 36.4 Å². The minimum atomic E-state index is -0.517. The van der Waals surface area contributed by atoms with Gasteiger partial charge in [0, 0.05) is 21.3 Å². The average molecular weight is 608 g/mol. The van der Waals surface area contributed by atoms with E-state index in [1.807, 2.05) is 54.6 Å². The number of rotatable bonds is 9. The van der Waals surface area contributed by atoms with Gasteiger partial charge in [0.25, 0.3) is 5.91 Å². The molecule has 0 aliphatic rings. The molecule has 0 unspecified atom stereocenters. The van der Waals surface area contributed by atoms with Gasteiger partial charge in [-0.1, -0.05) is 59.6 Å². The van der Waals surface area contributed by atoms with Crippen LogP contribution < -0.4 is 14.8 Å². The fraction of sp³-hybridized carbons (Fsp3) is 0.0667. The third kappa shape index (κ3) is 7.62. The highest BCUT2D eigenvalue weighted by molar-refractivity contribution is 9.10. The number of nitrogens with one attached hydrogen (secondary N) is 1. The summed E-state index contributed by atoms with van der Waals surface area (Å²) in [5, 5.41) is 13.6.